The molecule has 1 heterocycles. The van der Waals surface area contributed by atoms with E-state index in [1.165, 1.54) is 5.56 Å². The molecule has 3 atom stereocenters. The van der Waals surface area contributed by atoms with Crippen molar-refractivity contribution in [3.63, 3.8) is 0 Å². The second-order valence-electron chi connectivity index (χ2n) is 4.58. The molecule has 0 saturated carbocycles. The molecule has 90 valence electrons. The Labute approximate surface area is 103 Å². The van der Waals surface area contributed by atoms with Gasteiger partial charge in [-0.3, -0.25) is 4.90 Å². The Morgan fingerprint density at radius 3 is 2.71 bits per heavy atom. The van der Waals surface area contributed by atoms with Crippen molar-refractivity contribution in [2.75, 3.05) is 13.2 Å². The minimum Gasteiger partial charge on any atom is -0.370 e. The van der Waals surface area contributed by atoms with Crippen LogP contribution in [-0.4, -0.2) is 30.1 Å². The van der Waals surface area contributed by atoms with E-state index in [0.29, 0.717) is 19.2 Å². The van der Waals surface area contributed by atoms with E-state index in [9.17, 15) is 0 Å². The summed E-state index contributed by atoms with van der Waals surface area (Å²) in [4.78, 5) is 2.21. The molecule has 0 aliphatic carbocycles. The van der Waals surface area contributed by atoms with Crippen LogP contribution in [0.5, 0.6) is 0 Å². The molecule has 17 heavy (non-hydrogen) atoms. The maximum atomic E-state index is 8.88. The Hall–Kier alpha value is -1.37. The van der Waals surface area contributed by atoms with Gasteiger partial charge < -0.3 is 4.74 Å². The smallest absolute Gasteiger partial charge is 0.0978 e. The molecule has 0 spiro atoms. The third-order valence-corrected chi connectivity index (χ3v) is 3.43. The van der Waals surface area contributed by atoms with Crippen molar-refractivity contribution in [2.24, 2.45) is 0 Å². The van der Waals surface area contributed by atoms with Gasteiger partial charge >= 0.3 is 0 Å². The molecule has 0 amide bonds. The summed E-state index contributed by atoms with van der Waals surface area (Å²) in [5.41, 5.74) is 1.19. The first-order valence-corrected chi connectivity index (χ1v) is 6.03. The fourth-order valence-electron chi connectivity index (χ4n) is 2.45. The van der Waals surface area contributed by atoms with Crippen LogP contribution in [0.25, 0.3) is 0 Å². The summed E-state index contributed by atoms with van der Waals surface area (Å²) in [6.45, 7) is 5.39. The average molecular weight is 230 g/mol. The van der Waals surface area contributed by atoms with Crippen LogP contribution < -0.4 is 0 Å². The van der Waals surface area contributed by atoms with Gasteiger partial charge in [-0.15, -0.1) is 0 Å². The Bertz CT molecular complexity index is 398. The Kier molecular flexibility index (Phi) is 3.78. The van der Waals surface area contributed by atoms with Crippen molar-refractivity contribution in [3.05, 3.63) is 35.9 Å². The van der Waals surface area contributed by atoms with E-state index in [2.05, 4.69) is 36.9 Å². The van der Waals surface area contributed by atoms with Crippen LogP contribution in [0.3, 0.4) is 0 Å². The van der Waals surface area contributed by atoms with Crippen molar-refractivity contribution >= 4 is 0 Å². The lowest BCUT2D eigenvalue weighted by Gasteiger charge is -2.42. The summed E-state index contributed by atoms with van der Waals surface area (Å²) < 4.78 is 5.91. The van der Waals surface area contributed by atoms with E-state index < -0.39 is 0 Å². The van der Waals surface area contributed by atoms with Gasteiger partial charge in [-0.2, -0.15) is 5.26 Å². The average Bonchev–Trinajstić information content (AvgIpc) is 2.36. The molecule has 0 bridgehead atoms. The molecular formula is C14H18N2O. The third kappa shape index (κ3) is 2.49. The Balaban J connectivity index is 2.18. The van der Waals surface area contributed by atoms with Gasteiger partial charge in [0.05, 0.1) is 25.3 Å². The second-order valence-corrected chi connectivity index (χ2v) is 4.58. The molecule has 3 nitrogen and oxygen atoms in total. The number of hydrogen-bond donors (Lipinski definition) is 0. The number of morpholine rings is 1. The van der Waals surface area contributed by atoms with E-state index in [1.807, 2.05) is 18.2 Å². The minimum atomic E-state index is 0.0701. The highest BCUT2D eigenvalue weighted by Crippen LogP contribution is 2.30. The molecule has 1 aliphatic rings. The number of nitriles is 1. The van der Waals surface area contributed by atoms with Crippen molar-refractivity contribution in [3.8, 4) is 6.07 Å². The highest BCUT2D eigenvalue weighted by molar-refractivity contribution is 5.20. The van der Waals surface area contributed by atoms with E-state index in [-0.39, 0.29) is 12.1 Å². The molecule has 1 aliphatic heterocycles. The first-order valence-electron chi connectivity index (χ1n) is 6.03. The molecule has 0 unspecified atom stereocenters. The van der Waals surface area contributed by atoms with Gasteiger partial charge in [-0.1, -0.05) is 30.3 Å². The molecule has 1 aromatic carbocycles. The van der Waals surface area contributed by atoms with Gasteiger partial charge in [0, 0.05) is 12.1 Å². The lowest BCUT2D eigenvalue weighted by Crippen LogP contribution is -2.50. The molecular weight excluding hydrogens is 212 g/mol. The molecule has 0 N–H and O–H groups in total. The lowest BCUT2D eigenvalue weighted by molar-refractivity contribution is -0.0907. The summed E-state index contributed by atoms with van der Waals surface area (Å²) in [6, 6.07) is 13.0. The van der Waals surface area contributed by atoms with Crippen LogP contribution in [0.2, 0.25) is 0 Å². The first-order chi connectivity index (χ1) is 8.24. The highest BCUT2D eigenvalue weighted by atomic mass is 16.5. The van der Waals surface area contributed by atoms with Gasteiger partial charge in [0.15, 0.2) is 0 Å². The minimum absolute atomic E-state index is 0.0701. The standard InChI is InChI=1S/C14H18N2O/c1-11-10-17-14(12(2)16(11)9-8-15)13-6-4-3-5-7-13/h3-7,11-12,14H,9-10H2,1-2H3/t11-,12-,14-/m1/s1. The molecule has 2 rings (SSSR count). The quantitative estimate of drug-likeness (QED) is 0.732. The molecule has 1 saturated heterocycles. The maximum Gasteiger partial charge on any atom is 0.0978 e. The first kappa shape index (κ1) is 12.1. The van der Waals surface area contributed by atoms with Crippen LogP contribution in [0.15, 0.2) is 30.3 Å². The fourth-order valence-corrected chi connectivity index (χ4v) is 2.45. The van der Waals surface area contributed by atoms with Crippen LogP contribution >= 0.6 is 0 Å². The predicted octanol–water partition coefficient (Wildman–Crippen LogP) is 2.36. The Morgan fingerprint density at radius 2 is 2.06 bits per heavy atom. The fraction of sp³-hybridized carbons (Fsp3) is 0.500. The van der Waals surface area contributed by atoms with Crippen LogP contribution in [0, 0.1) is 11.3 Å². The van der Waals surface area contributed by atoms with Gasteiger partial charge in [0.2, 0.25) is 0 Å². The summed E-state index contributed by atoms with van der Waals surface area (Å²) >= 11 is 0. The monoisotopic (exact) mass is 230 g/mol. The van der Waals surface area contributed by atoms with Gasteiger partial charge in [-0.25, -0.2) is 0 Å². The summed E-state index contributed by atoms with van der Waals surface area (Å²) in [5.74, 6) is 0. The van der Waals surface area contributed by atoms with Crippen LogP contribution in [0.4, 0.5) is 0 Å². The van der Waals surface area contributed by atoms with Crippen molar-refractivity contribution in [2.45, 2.75) is 32.0 Å². The largest absolute Gasteiger partial charge is 0.370 e. The van der Waals surface area contributed by atoms with Gasteiger partial charge in [-0.05, 0) is 19.4 Å². The van der Waals surface area contributed by atoms with E-state index in [4.69, 9.17) is 10.00 Å². The van der Waals surface area contributed by atoms with Gasteiger partial charge in [0.25, 0.3) is 0 Å². The number of ether oxygens (including phenoxy) is 1. The van der Waals surface area contributed by atoms with E-state index >= 15 is 0 Å². The van der Waals surface area contributed by atoms with Crippen molar-refractivity contribution in [1.29, 1.82) is 5.26 Å². The maximum absolute atomic E-state index is 8.88. The van der Waals surface area contributed by atoms with Crippen molar-refractivity contribution < 1.29 is 4.74 Å². The molecule has 1 fully saturated rings. The number of benzene rings is 1. The number of hydrogen-bond acceptors (Lipinski definition) is 3. The zero-order chi connectivity index (χ0) is 12.3. The third-order valence-electron chi connectivity index (χ3n) is 3.43. The number of rotatable bonds is 2. The molecule has 3 heteroatoms. The molecule has 0 radical (unpaired) electrons. The zero-order valence-electron chi connectivity index (χ0n) is 10.3. The summed E-state index contributed by atoms with van der Waals surface area (Å²) in [7, 11) is 0. The lowest BCUT2D eigenvalue weighted by atomic mass is 9.99. The summed E-state index contributed by atoms with van der Waals surface area (Å²) in [5, 5.41) is 8.88. The topological polar surface area (TPSA) is 36.3 Å². The van der Waals surface area contributed by atoms with E-state index in [0.717, 1.165) is 0 Å². The molecule has 1 aromatic rings. The van der Waals surface area contributed by atoms with Crippen LogP contribution in [-0.2, 0) is 4.74 Å². The van der Waals surface area contributed by atoms with Gasteiger partial charge in [0.1, 0.15) is 0 Å². The van der Waals surface area contributed by atoms with Crippen LogP contribution in [0.1, 0.15) is 25.5 Å². The second kappa shape index (κ2) is 5.31. The highest BCUT2D eigenvalue weighted by Gasteiger charge is 2.33. The predicted molar refractivity (Wildman–Crippen MR) is 66.4 cm³/mol. The normalized spacial score (nSPS) is 29.8. The summed E-state index contributed by atoms with van der Waals surface area (Å²) in [6.07, 6.45) is 0.0701. The SMILES string of the molecule is C[C@@H]1CO[C@@H](c2ccccc2)[C@@H](C)N1CC#N. The van der Waals surface area contributed by atoms with E-state index in [1.54, 1.807) is 0 Å². The number of nitrogens with zero attached hydrogens (tertiary/aromatic N) is 2. The Morgan fingerprint density at radius 1 is 1.35 bits per heavy atom. The zero-order valence-corrected chi connectivity index (χ0v) is 10.3. The molecule has 0 aromatic heterocycles. The van der Waals surface area contributed by atoms with Crippen molar-refractivity contribution in [1.82, 2.24) is 4.90 Å².